The molecule has 1 saturated carbocycles. The van der Waals surface area contributed by atoms with Crippen molar-refractivity contribution in [1.29, 1.82) is 0 Å². The van der Waals surface area contributed by atoms with Gasteiger partial charge in [0.2, 0.25) is 0 Å². The molecule has 1 aliphatic rings. The topological polar surface area (TPSA) is 18.5 Å². The fourth-order valence-corrected chi connectivity index (χ4v) is 7.60. The van der Waals surface area contributed by atoms with E-state index in [-0.39, 0.29) is 22.3 Å². The van der Waals surface area contributed by atoms with Gasteiger partial charge in [-0.1, -0.05) is 112 Å². The van der Waals surface area contributed by atoms with Gasteiger partial charge in [-0.15, -0.1) is 11.5 Å². The summed E-state index contributed by atoms with van der Waals surface area (Å²) in [5.74, 6) is 4.25. The van der Waals surface area contributed by atoms with Crippen LogP contribution in [-0.2, 0) is 8.85 Å². The molecule has 214 valence electrons. The minimum Gasteiger partial charge on any atom is -0.413 e. The second-order valence-electron chi connectivity index (χ2n) is 15.5. The zero-order chi connectivity index (χ0) is 28.9. The molecule has 37 heavy (non-hydrogen) atoms. The number of hydrogen-bond donors (Lipinski definition) is 0. The highest BCUT2D eigenvalue weighted by Crippen LogP contribution is 2.46. The summed E-state index contributed by atoms with van der Waals surface area (Å²) in [4.78, 5) is 0. The maximum Gasteiger partial charge on any atom is 0.192 e. The van der Waals surface area contributed by atoms with Crippen molar-refractivity contribution in [3.8, 4) is 11.5 Å². The van der Waals surface area contributed by atoms with E-state index < -0.39 is 24.7 Å². The van der Waals surface area contributed by atoms with Gasteiger partial charge in [-0.3, -0.25) is 0 Å². The monoisotopic (exact) mass is 562 g/mol. The first-order valence-electron chi connectivity index (χ1n) is 14.8. The highest BCUT2D eigenvalue weighted by Gasteiger charge is 2.45. The Bertz CT molecular complexity index is 825. The van der Waals surface area contributed by atoms with Gasteiger partial charge in [0.25, 0.3) is 0 Å². The summed E-state index contributed by atoms with van der Waals surface area (Å²) in [6, 6.07) is 0. The first kappa shape index (κ1) is 34.6. The van der Waals surface area contributed by atoms with Crippen LogP contribution in [0.5, 0.6) is 0 Å². The Kier molecular flexibility index (Phi) is 12.5. The molecule has 0 radical (unpaired) electrons. The molecule has 2 nitrogen and oxygen atoms in total. The molecular formula is C32H62O2Si3. The molecule has 0 aliphatic heterocycles. The van der Waals surface area contributed by atoms with E-state index in [4.69, 9.17) is 8.85 Å². The standard InChI is InChI=1S/C32H62O2Si3/c1-16-17-18-20-27(33-36(12,13)31(3,4)5)22-23-29-28(21-19-24-35(9,10)11)26(2)25-30(29)34-37(14,15)32(6,7)8/h22-23,27-30H,2,16-18,20-21,25H2,1,3-15H3/t27-,28-,29+,30+/m0/s1. The van der Waals surface area contributed by atoms with Gasteiger partial charge < -0.3 is 8.85 Å². The first-order valence-corrected chi connectivity index (χ1v) is 24.1. The van der Waals surface area contributed by atoms with E-state index in [9.17, 15) is 0 Å². The highest BCUT2D eigenvalue weighted by atomic mass is 28.4. The summed E-state index contributed by atoms with van der Waals surface area (Å²) in [5, 5.41) is 0.390. The molecule has 0 aromatic carbocycles. The fourth-order valence-electron chi connectivity index (χ4n) is 4.31. The van der Waals surface area contributed by atoms with Gasteiger partial charge in [-0.2, -0.15) is 0 Å². The molecule has 0 amide bonds. The van der Waals surface area contributed by atoms with Gasteiger partial charge in [0, 0.05) is 12.3 Å². The molecule has 1 fully saturated rings. The van der Waals surface area contributed by atoms with Crippen LogP contribution in [0.15, 0.2) is 24.3 Å². The van der Waals surface area contributed by atoms with Crippen molar-refractivity contribution in [3.05, 3.63) is 24.3 Å². The molecule has 1 rings (SSSR count). The third-order valence-electron chi connectivity index (χ3n) is 8.81. The Morgan fingerprint density at radius 3 is 2.00 bits per heavy atom. The summed E-state index contributed by atoms with van der Waals surface area (Å²) in [5.41, 5.74) is 4.91. The Morgan fingerprint density at radius 2 is 1.51 bits per heavy atom. The molecule has 0 heterocycles. The molecule has 0 unspecified atom stereocenters. The van der Waals surface area contributed by atoms with E-state index in [0.29, 0.717) is 11.8 Å². The Labute approximate surface area is 235 Å². The Balaban J connectivity index is 3.35. The van der Waals surface area contributed by atoms with E-state index in [0.717, 1.165) is 19.3 Å². The van der Waals surface area contributed by atoms with Crippen LogP contribution in [0.2, 0.25) is 55.9 Å². The van der Waals surface area contributed by atoms with Gasteiger partial charge in [-0.05, 0) is 55.0 Å². The van der Waals surface area contributed by atoms with Crippen LogP contribution in [0, 0.1) is 23.3 Å². The number of unbranched alkanes of at least 4 members (excludes halogenated alkanes) is 2. The smallest absolute Gasteiger partial charge is 0.192 e. The normalized spacial score (nSPS) is 22.9. The molecule has 5 heteroatoms. The molecule has 0 spiro atoms. The van der Waals surface area contributed by atoms with Crippen molar-refractivity contribution < 1.29 is 8.85 Å². The van der Waals surface area contributed by atoms with E-state index in [2.05, 4.69) is 124 Å². The van der Waals surface area contributed by atoms with Gasteiger partial charge in [-0.25, -0.2) is 0 Å². The van der Waals surface area contributed by atoms with Crippen LogP contribution in [0.1, 0.15) is 87.0 Å². The van der Waals surface area contributed by atoms with Crippen LogP contribution in [0.4, 0.5) is 0 Å². The van der Waals surface area contributed by atoms with E-state index >= 15 is 0 Å². The SMILES string of the molecule is C=C1C[C@@H](O[Si](C)(C)C(C)(C)C)[C@H](C=C[C@H](CCCCC)O[Si](C)(C)C(C)(C)C)[C@H]1CC#C[Si](C)(C)C. The summed E-state index contributed by atoms with van der Waals surface area (Å²) in [6.07, 6.45) is 11.9. The number of rotatable bonds is 11. The quantitative estimate of drug-likeness (QED) is 0.108. The van der Waals surface area contributed by atoms with Crippen LogP contribution >= 0.6 is 0 Å². The average molecular weight is 563 g/mol. The van der Waals surface area contributed by atoms with Gasteiger partial charge in [0.05, 0.1) is 12.2 Å². The van der Waals surface area contributed by atoms with Crippen LogP contribution < -0.4 is 0 Å². The van der Waals surface area contributed by atoms with Crippen molar-refractivity contribution >= 4 is 24.7 Å². The second kappa shape index (κ2) is 13.3. The lowest BCUT2D eigenvalue weighted by Gasteiger charge is -2.40. The van der Waals surface area contributed by atoms with E-state index in [1.54, 1.807) is 0 Å². The number of hydrogen-bond acceptors (Lipinski definition) is 2. The maximum absolute atomic E-state index is 7.06. The lowest BCUT2D eigenvalue weighted by molar-refractivity contribution is 0.148. The maximum atomic E-state index is 7.06. The third-order valence-corrected chi connectivity index (χ3v) is 18.7. The Morgan fingerprint density at radius 1 is 0.946 bits per heavy atom. The van der Waals surface area contributed by atoms with Crippen molar-refractivity contribution in [2.24, 2.45) is 11.8 Å². The molecule has 0 aromatic rings. The van der Waals surface area contributed by atoms with E-state index in [1.807, 2.05) is 0 Å². The molecule has 0 saturated heterocycles. The molecule has 0 bridgehead atoms. The largest absolute Gasteiger partial charge is 0.413 e. The molecule has 0 aromatic heterocycles. The lowest BCUT2D eigenvalue weighted by Crippen LogP contribution is -2.45. The van der Waals surface area contributed by atoms with Crippen molar-refractivity contribution in [2.75, 3.05) is 0 Å². The minimum atomic E-state index is -1.91. The summed E-state index contributed by atoms with van der Waals surface area (Å²) in [6.45, 7) is 37.3. The zero-order valence-corrected chi connectivity index (χ0v) is 30.2. The fraction of sp³-hybridized carbons (Fsp3) is 0.812. The van der Waals surface area contributed by atoms with Gasteiger partial charge >= 0.3 is 0 Å². The first-order chi connectivity index (χ1) is 16.6. The summed E-state index contributed by atoms with van der Waals surface area (Å²) in [7, 11) is -5.18. The highest BCUT2D eigenvalue weighted by molar-refractivity contribution is 6.83. The molecule has 4 atom stereocenters. The van der Waals surface area contributed by atoms with Crippen molar-refractivity contribution in [2.45, 2.75) is 155 Å². The van der Waals surface area contributed by atoms with Gasteiger partial charge in [0.1, 0.15) is 8.07 Å². The molecular weight excluding hydrogens is 501 g/mol. The lowest BCUT2D eigenvalue weighted by atomic mass is 9.89. The molecule has 1 aliphatic carbocycles. The predicted molar refractivity (Wildman–Crippen MR) is 174 cm³/mol. The minimum absolute atomic E-state index is 0.170. The second-order valence-corrected chi connectivity index (χ2v) is 29.8. The van der Waals surface area contributed by atoms with Crippen molar-refractivity contribution in [1.82, 2.24) is 0 Å². The average Bonchev–Trinajstić information content (AvgIpc) is 2.97. The Hall–Kier alpha value is -0.389. The zero-order valence-electron chi connectivity index (χ0n) is 27.2. The van der Waals surface area contributed by atoms with Crippen molar-refractivity contribution in [3.63, 3.8) is 0 Å². The predicted octanol–water partition coefficient (Wildman–Crippen LogP) is 10.4. The summed E-state index contributed by atoms with van der Waals surface area (Å²) < 4.78 is 14.0. The summed E-state index contributed by atoms with van der Waals surface area (Å²) >= 11 is 0. The third kappa shape index (κ3) is 11.0. The van der Waals surface area contributed by atoms with Crippen LogP contribution in [0.25, 0.3) is 0 Å². The van der Waals surface area contributed by atoms with Gasteiger partial charge in [0.15, 0.2) is 16.6 Å². The van der Waals surface area contributed by atoms with Crippen LogP contribution in [-0.4, -0.2) is 36.9 Å². The van der Waals surface area contributed by atoms with E-state index in [1.165, 1.54) is 24.8 Å². The van der Waals surface area contributed by atoms with Crippen LogP contribution in [0.3, 0.4) is 0 Å². The molecule has 0 N–H and O–H groups in total.